The van der Waals surface area contributed by atoms with Crippen LogP contribution in [0, 0.1) is 0 Å². The van der Waals surface area contributed by atoms with Gasteiger partial charge in [0.25, 0.3) is 0 Å². The fraction of sp³-hybridized carbons (Fsp3) is 0.500. The van der Waals surface area contributed by atoms with Gasteiger partial charge in [-0.1, -0.05) is 6.92 Å². The first-order chi connectivity index (χ1) is 11.3. The van der Waals surface area contributed by atoms with Gasteiger partial charge in [0.2, 0.25) is 0 Å². The number of nitrogens with zero attached hydrogens (tertiary/aromatic N) is 5. The average molecular weight is 343 g/mol. The zero-order chi connectivity index (χ0) is 15.4. The van der Waals surface area contributed by atoms with Crippen LogP contribution in [0.25, 0.3) is 10.2 Å². The Bertz CT molecular complexity index is 876. The van der Waals surface area contributed by atoms with E-state index in [9.17, 15) is 0 Å². The van der Waals surface area contributed by atoms with Crippen molar-refractivity contribution in [1.29, 1.82) is 0 Å². The Balaban J connectivity index is 1.55. The van der Waals surface area contributed by atoms with Crippen LogP contribution >= 0.6 is 23.1 Å². The largest absolute Gasteiger partial charge is 0.302 e. The van der Waals surface area contributed by atoms with E-state index < -0.39 is 0 Å². The smallest absolute Gasteiger partial charge is 0.197 e. The van der Waals surface area contributed by atoms with Crippen LogP contribution in [-0.4, -0.2) is 24.7 Å². The molecule has 7 heteroatoms. The molecule has 2 aliphatic carbocycles. The molecule has 0 radical (unpaired) electrons. The van der Waals surface area contributed by atoms with Crippen LogP contribution in [0.5, 0.6) is 0 Å². The van der Waals surface area contributed by atoms with Crippen molar-refractivity contribution in [3.05, 3.63) is 23.1 Å². The Morgan fingerprint density at radius 1 is 1.22 bits per heavy atom. The SMILES string of the molecule is CCc1cc2c(Sc3nnc(C4CC4)n3C3CC3)ncnc2s1. The second kappa shape index (κ2) is 5.27. The lowest BCUT2D eigenvalue weighted by molar-refractivity contribution is 0.626. The highest BCUT2D eigenvalue weighted by Crippen LogP contribution is 2.47. The van der Waals surface area contributed by atoms with Crippen molar-refractivity contribution in [2.75, 3.05) is 0 Å². The number of aryl methyl sites for hydroxylation is 1. The molecule has 2 fully saturated rings. The van der Waals surface area contributed by atoms with Crippen molar-refractivity contribution in [3.8, 4) is 0 Å². The van der Waals surface area contributed by atoms with E-state index in [-0.39, 0.29) is 0 Å². The number of aromatic nitrogens is 5. The van der Waals surface area contributed by atoms with E-state index in [2.05, 4.69) is 37.7 Å². The summed E-state index contributed by atoms with van der Waals surface area (Å²) in [6.45, 7) is 2.18. The van der Waals surface area contributed by atoms with E-state index in [1.54, 1.807) is 29.4 Å². The molecule has 0 N–H and O–H groups in total. The third-order valence-corrected chi connectivity index (χ3v) is 6.59. The Morgan fingerprint density at radius 2 is 2.09 bits per heavy atom. The summed E-state index contributed by atoms with van der Waals surface area (Å²) in [4.78, 5) is 11.4. The molecule has 118 valence electrons. The van der Waals surface area contributed by atoms with Crippen LogP contribution in [-0.2, 0) is 6.42 Å². The van der Waals surface area contributed by atoms with Gasteiger partial charge < -0.3 is 4.57 Å². The van der Waals surface area contributed by atoms with Gasteiger partial charge >= 0.3 is 0 Å². The van der Waals surface area contributed by atoms with Crippen molar-refractivity contribution in [2.45, 2.75) is 61.2 Å². The van der Waals surface area contributed by atoms with Gasteiger partial charge in [-0.15, -0.1) is 21.5 Å². The molecule has 23 heavy (non-hydrogen) atoms. The fourth-order valence-corrected chi connectivity index (χ4v) is 4.84. The highest BCUT2D eigenvalue weighted by atomic mass is 32.2. The van der Waals surface area contributed by atoms with E-state index in [0.717, 1.165) is 26.8 Å². The summed E-state index contributed by atoms with van der Waals surface area (Å²) in [5.74, 6) is 1.83. The number of thiophene rings is 1. The molecule has 2 saturated carbocycles. The van der Waals surface area contributed by atoms with Gasteiger partial charge in [0.05, 0.1) is 0 Å². The summed E-state index contributed by atoms with van der Waals surface area (Å²) < 4.78 is 2.38. The second-order valence-electron chi connectivity index (χ2n) is 6.28. The quantitative estimate of drug-likeness (QED) is 0.650. The summed E-state index contributed by atoms with van der Waals surface area (Å²) in [6.07, 6.45) is 7.73. The highest BCUT2D eigenvalue weighted by Gasteiger charge is 2.36. The maximum Gasteiger partial charge on any atom is 0.197 e. The Kier molecular flexibility index (Phi) is 3.19. The summed E-state index contributed by atoms with van der Waals surface area (Å²) in [7, 11) is 0. The van der Waals surface area contributed by atoms with Crippen LogP contribution < -0.4 is 0 Å². The molecule has 3 aromatic rings. The summed E-state index contributed by atoms with van der Waals surface area (Å²) in [5, 5.41) is 12.1. The maximum atomic E-state index is 4.52. The van der Waals surface area contributed by atoms with E-state index >= 15 is 0 Å². The standard InChI is InChI=1S/C16H17N5S2/c1-2-11-7-12-14(22-11)17-8-18-15(12)23-16-20-19-13(9-3-4-9)21(16)10-5-6-10/h7-10H,2-6H2,1H3. The molecule has 3 heterocycles. The first-order valence-corrected chi connectivity index (χ1v) is 9.83. The predicted octanol–water partition coefficient (Wildman–Crippen LogP) is 4.21. The lowest BCUT2D eigenvalue weighted by atomic mass is 10.3. The van der Waals surface area contributed by atoms with Gasteiger partial charge in [0, 0.05) is 22.2 Å². The first kappa shape index (κ1) is 13.9. The van der Waals surface area contributed by atoms with Gasteiger partial charge in [-0.05, 0) is 49.9 Å². The predicted molar refractivity (Wildman–Crippen MR) is 91.2 cm³/mol. The van der Waals surface area contributed by atoms with Gasteiger partial charge in [0.15, 0.2) is 5.16 Å². The average Bonchev–Trinajstić information content (AvgIpc) is 3.49. The molecular formula is C16H17N5S2. The zero-order valence-corrected chi connectivity index (χ0v) is 14.5. The third kappa shape index (κ3) is 2.46. The lowest BCUT2D eigenvalue weighted by Gasteiger charge is -2.07. The van der Waals surface area contributed by atoms with E-state index in [1.807, 2.05) is 0 Å². The Morgan fingerprint density at radius 3 is 2.83 bits per heavy atom. The molecule has 5 rings (SSSR count). The molecule has 0 aliphatic heterocycles. The molecule has 0 spiro atoms. The molecule has 0 unspecified atom stereocenters. The van der Waals surface area contributed by atoms with E-state index in [0.29, 0.717) is 12.0 Å². The first-order valence-electron chi connectivity index (χ1n) is 8.19. The second-order valence-corrected chi connectivity index (χ2v) is 8.35. The molecule has 2 aliphatic rings. The summed E-state index contributed by atoms with van der Waals surface area (Å²) in [5.41, 5.74) is 0. The number of fused-ring (bicyclic) bond motifs is 1. The molecular weight excluding hydrogens is 326 g/mol. The summed E-state index contributed by atoms with van der Waals surface area (Å²) in [6, 6.07) is 2.83. The van der Waals surface area contributed by atoms with Gasteiger partial charge in [-0.3, -0.25) is 0 Å². The molecule has 0 bridgehead atoms. The minimum atomic E-state index is 0.606. The minimum Gasteiger partial charge on any atom is -0.302 e. The molecule has 0 atom stereocenters. The topological polar surface area (TPSA) is 56.5 Å². The van der Waals surface area contributed by atoms with Gasteiger partial charge in [-0.25, -0.2) is 9.97 Å². The molecule has 0 aromatic carbocycles. The molecule has 3 aromatic heterocycles. The fourth-order valence-electron chi connectivity index (χ4n) is 2.88. The minimum absolute atomic E-state index is 0.606. The van der Waals surface area contributed by atoms with Crippen LogP contribution in [0.1, 0.15) is 55.3 Å². The van der Waals surface area contributed by atoms with Crippen LogP contribution in [0.4, 0.5) is 0 Å². The third-order valence-electron chi connectivity index (χ3n) is 4.43. The van der Waals surface area contributed by atoms with Gasteiger partial charge in [-0.2, -0.15) is 0 Å². The highest BCUT2D eigenvalue weighted by molar-refractivity contribution is 7.99. The van der Waals surface area contributed by atoms with Crippen molar-refractivity contribution < 1.29 is 0 Å². The zero-order valence-electron chi connectivity index (χ0n) is 12.9. The van der Waals surface area contributed by atoms with Gasteiger partial charge in [0.1, 0.15) is 22.0 Å². The van der Waals surface area contributed by atoms with Crippen molar-refractivity contribution in [1.82, 2.24) is 24.7 Å². The molecule has 0 amide bonds. The number of rotatable bonds is 5. The van der Waals surface area contributed by atoms with Crippen LogP contribution in [0.2, 0.25) is 0 Å². The monoisotopic (exact) mass is 343 g/mol. The molecule has 0 saturated heterocycles. The number of hydrogen-bond acceptors (Lipinski definition) is 6. The number of hydrogen-bond donors (Lipinski definition) is 0. The Labute approximate surface area is 142 Å². The maximum absolute atomic E-state index is 4.52. The van der Waals surface area contributed by atoms with E-state index in [4.69, 9.17) is 0 Å². The van der Waals surface area contributed by atoms with Crippen LogP contribution in [0.15, 0.2) is 22.6 Å². The van der Waals surface area contributed by atoms with Crippen molar-refractivity contribution in [3.63, 3.8) is 0 Å². The van der Waals surface area contributed by atoms with E-state index in [1.165, 1.54) is 36.4 Å². The molecule has 5 nitrogen and oxygen atoms in total. The Hall–Kier alpha value is -1.47. The lowest BCUT2D eigenvalue weighted by Crippen LogP contribution is -2.02. The summed E-state index contributed by atoms with van der Waals surface area (Å²) >= 11 is 3.40. The normalized spacial score (nSPS) is 18.0. The van der Waals surface area contributed by atoms with Crippen LogP contribution in [0.3, 0.4) is 0 Å². The van der Waals surface area contributed by atoms with Crippen molar-refractivity contribution >= 4 is 33.3 Å². The van der Waals surface area contributed by atoms with Crippen molar-refractivity contribution in [2.24, 2.45) is 0 Å².